The summed E-state index contributed by atoms with van der Waals surface area (Å²) in [6, 6.07) is 5.19. The number of benzene rings is 1. The van der Waals surface area contributed by atoms with Crippen LogP contribution in [0.15, 0.2) is 22.7 Å². The summed E-state index contributed by atoms with van der Waals surface area (Å²) >= 11 is 3.33. The predicted octanol–water partition coefficient (Wildman–Crippen LogP) is 5.22. The molecule has 140 valence electrons. The van der Waals surface area contributed by atoms with Crippen LogP contribution in [-0.4, -0.2) is 40.1 Å². The van der Waals surface area contributed by atoms with Gasteiger partial charge in [0.25, 0.3) is 0 Å². The van der Waals surface area contributed by atoms with Gasteiger partial charge in [-0.25, -0.2) is 4.79 Å². The van der Waals surface area contributed by atoms with E-state index < -0.39 is 17.2 Å². The average Bonchev–Trinajstić information content (AvgIpc) is 2.42. The fourth-order valence-corrected chi connectivity index (χ4v) is 3.78. The molecule has 6 heteroatoms. The molecule has 1 N–H and O–H groups in total. The number of carboxylic acid groups (broad SMARTS) is 1. The Morgan fingerprint density at radius 1 is 1.32 bits per heavy atom. The number of rotatable bonds is 7. The largest absolute Gasteiger partial charge is 0.490 e. The van der Waals surface area contributed by atoms with Crippen LogP contribution in [0.25, 0.3) is 0 Å². The summed E-state index contributed by atoms with van der Waals surface area (Å²) in [7, 11) is 0. The van der Waals surface area contributed by atoms with Crippen LogP contribution in [0.5, 0.6) is 5.75 Å². The van der Waals surface area contributed by atoms with Gasteiger partial charge in [0.1, 0.15) is 12.4 Å². The lowest BCUT2D eigenvalue weighted by Gasteiger charge is -2.47. The number of halogens is 1. The third-order valence-corrected chi connectivity index (χ3v) is 4.38. The number of hydrogen-bond donors (Lipinski definition) is 1. The van der Waals surface area contributed by atoms with E-state index in [1.165, 1.54) is 4.90 Å². The molecule has 1 aromatic carbocycles. The molecule has 0 saturated carbocycles. The molecule has 1 amide bonds. The fraction of sp³-hybridized carbons (Fsp3) is 0.579. The molecule has 0 aliphatic heterocycles. The summed E-state index contributed by atoms with van der Waals surface area (Å²) in [4.78, 5) is 24.7. The minimum atomic E-state index is -0.981. The molecule has 0 radical (unpaired) electrons. The van der Waals surface area contributed by atoms with Crippen molar-refractivity contribution in [1.82, 2.24) is 4.90 Å². The van der Waals surface area contributed by atoms with E-state index in [4.69, 9.17) is 4.74 Å². The fourth-order valence-electron chi connectivity index (χ4n) is 3.40. The van der Waals surface area contributed by atoms with Gasteiger partial charge in [0.15, 0.2) is 6.29 Å². The molecule has 5 nitrogen and oxygen atoms in total. The Bertz CT molecular complexity index is 624. The normalized spacial score (nSPS) is 14.1. The minimum absolute atomic E-state index is 0.164. The minimum Gasteiger partial charge on any atom is -0.490 e. The highest BCUT2D eigenvalue weighted by Crippen LogP contribution is 2.32. The maximum atomic E-state index is 12.0. The molecule has 0 spiro atoms. The van der Waals surface area contributed by atoms with Crippen LogP contribution in [-0.2, 0) is 0 Å². The molecule has 1 unspecified atom stereocenters. The van der Waals surface area contributed by atoms with Crippen LogP contribution >= 0.6 is 15.9 Å². The molecule has 1 rings (SSSR count). The summed E-state index contributed by atoms with van der Waals surface area (Å²) in [6.07, 6.45) is 0.396. The first-order valence-electron chi connectivity index (χ1n) is 8.31. The van der Waals surface area contributed by atoms with Gasteiger partial charge in [-0.3, -0.25) is 9.69 Å². The molecule has 0 aliphatic carbocycles. The van der Waals surface area contributed by atoms with E-state index in [1.807, 2.05) is 27.7 Å². The quantitative estimate of drug-likeness (QED) is 0.621. The van der Waals surface area contributed by atoms with Crippen LogP contribution < -0.4 is 4.74 Å². The topological polar surface area (TPSA) is 66.8 Å². The number of aldehydes is 1. The summed E-state index contributed by atoms with van der Waals surface area (Å²) < 4.78 is 6.70. The monoisotopic (exact) mass is 413 g/mol. The second-order valence-corrected chi connectivity index (χ2v) is 8.89. The summed E-state index contributed by atoms with van der Waals surface area (Å²) in [5.74, 6) is 0.737. The summed E-state index contributed by atoms with van der Waals surface area (Å²) in [6.45, 7) is 11.8. The lowest BCUT2D eigenvalue weighted by atomic mass is 9.86. The molecule has 0 saturated heterocycles. The summed E-state index contributed by atoms with van der Waals surface area (Å²) in [5.41, 5.74) is -0.878. The molecule has 0 fully saturated rings. The van der Waals surface area contributed by atoms with Gasteiger partial charge in [-0.05, 0) is 58.2 Å². The van der Waals surface area contributed by atoms with E-state index in [1.54, 1.807) is 18.2 Å². The zero-order chi connectivity index (χ0) is 19.4. The lowest BCUT2D eigenvalue weighted by Crippen LogP contribution is -2.61. The first-order valence-corrected chi connectivity index (χ1v) is 9.11. The Morgan fingerprint density at radius 3 is 2.36 bits per heavy atom. The van der Waals surface area contributed by atoms with E-state index in [9.17, 15) is 14.7 Å². The van der Waals surface area contributed by atoms with Gasteiger partial charge < -0.3 is 9.84 Å². The van der Waals surface area contributed by atoms with Crippen LogP contribution in [0.2, 0.25) is 0 Å². The van der Waals surface area contributed by atoms with Crippen molar-refractivity contribution in [3.8, 4) is 5.75 Å². The Balaban J connectivity index is 3.19. The van der Waals surface area contributed by atoms with Gasteiger partial charge in [0.05, 0.1) is 11.1 Å². The number of amides is 1. The Kier molecular flexibility index (Phi) is 7.06. The van der Waals surface area contributed by atoms with Gasteiger partial charge in [0.2, 0.25) is 0 Å². The molecule has 1 aromatic rings. The van der Waals surface area contributed by atoms with Crippen molar-refractivity contribution >= 4 is 28.3 Å². The number of carbonyl (C=O) groups is 2. The molecule has 0 bridgehead atoms. The highest BCUT2D eigenvalue weighted by atomic mass is 79.9. The molecule has 0 aromatic heterocycles. The highest BCUT2D eigenvalue weighted by molar-refractivity contribution is 9.10. The lowest BCUT2D eigenvalue weighted by molar-refractivity contribution is -0.0110. The molecule has 0 aliphatic rings. The van der Waals surface area contributed by atoms with E-state index in [2.05, 4.69) is 29.8 Å². The second-order valence-electron chi connectivity index (χ2n) is 7.97. The third-order valence-electron chi connectivity index (χ3n) is 3.89. The molecule has 1 atom stereocenters. The van der Waals surface area contributed by atoms with Gasteiger partial charge in [0, 0.05) is 10.0 Å². The maximum Gasteiger partial charge on any atom is 0.408 e. The first-order chi connectivity index (χ1) is 11.4. The van der Waals surface area contributed by atoms with Crippen molar-refractivity contribution in [3.05, 3.63) is 28.2 Å². The van der Waals surface area contributed by atoms with Crippen LogP contribution in [0.4, 0.5) is 4.79 Å². The molecule has 0 heterocycles. The SMILES string of the molecule is CC(C)CC(C)(COc1ccc(Br)cc1C=O)N(C(=O)O)C(C)(C)C. The van der Waals surface area contributed by atoms with E-state index in [0.717, 1.165) is 10.8 Å². The standard InChI is InChI=1S/C19H28BrNO4/c1-13(2)10-19(6,21(17(23)24)18(3,4)5)12-25-16-8-7-15(20)9-14(16)11-22/h7-9,11,13H,10,12H2,1-6H3,(H,23,24). The number of hydrogen-bond acceptors (Lipinski definition) is 3. The number of carbonyl (C=O) groups excluding carboxylic acids is 1. The van der Waals surface area contributed by atoms with Crippen molar-refractivity contribution in [2.45, 2.75) is 59.0 Å². The molecular weight excluding hydrogens is 386 g/mol. The van der Waals surface area contributed by atoms with Crippen LogP contribution in [0, 0.1) is 5.92 Å². The van der Waals surface area contributed by atoms with E-state index >= 15 is 0 Å². The average molecular weight is 414 g/mol. The van der Waals surface area contributed by atoms with Crippen molar-refractivity contribution in [1.29, 1.82) is 0 Å². The predicted molar refractivity (Wildman–Crippen MR) is 103 cm³/mol. The zero-order valence-electron chi connectivity index (χ0n) is 15.8. The number of nitrogens with zero attached hydrogens (tertiary/aromatic N) is 1. The summed E-state index contributed by atoms with van der Waals surface area (Å²) in [5, 5.41) is 9.80. The van der Waals surface area contributed by atoms with Crippen molar-refractivity contribution < 1.29 is 19.4 Å². The smallest absolute Gasteiger partial charge is 0.408 e. The Hall–Kier alpha value is -1.56. The van der Waals surface area contributed by atoms with Gasteiger partial charge in [-0.1, -0.05) is 29.8 Å². The Labute approximate surface area is 158 Å². The van der Waals surface area contributed by atoms with Crippen molar-refractivity contribution in [2.75, 3.05) is 6.61 Å². The van der Waals surface area contributed by atoms with Gasteiger partial charge >= 0.3 is 6.09 Å². The maximum absolute atomic E-state index is 12.0. The Morgan fingerprint density at radius 2 is 1.92 bits per heavy atom. The van der Waals surface area contributed by atoms with Crippen LogP contribution in [0.3, 0.4) is 0 Å². The van der Waals surface area contributed by atoms with E-state index in [-0.39, 0.29) is 12.5 Å². The van der Waals surface area contributed by atoms with Crippen LogP contribution in [0.1, 0.15) is 58.3 Å². The second kappa shape index (κ2) is 8.21. The highest BCUT2D eigenvalue weighted by Gasteiger charge is 2.43. The number of ether oxygens (including phenoxy) is 1. The first kappa shape index (κ1) is 21.5. The van der Waals surface area contributed by atoms with Gasteiger partial charge in [-0.2, -0.15) is 0 Å². The van der Waals surface area contributed by atoms with E-state index in [0.29, 0.717) is 17.7 Å². The van der Waals surface area contributed by atoms with Crippen molar-refractivity contribution in [2.24, 2.45) is 5.92 Å². The molecule has 25 heavy (non-hydrogen) atoms. The van der Waals surface area contributed by atoms with Gasteiger partial charge in [-0.15, -0.1) is 0 Å². The van der Waals surface area contributed by atoms with Crippen molar-refractivity contribution in [3.63, 3.8) is 0 Å². The molecular formula is C19H28BrNO4. The zero-order valence-corrected chi connectivity index (χ0v) is 17.4. The third kappa shape index (κ3) is 5.73.